The number of aromatic nitrogens is 2. The molecule has 0 aliphatic rings. The maximum absolute atomic E-state index is 10.7. The van der Waals surface area contributed by atoms with E-state index in [0.29, 0.717) is 17.8 Å². The molecule has 0 fully saturated rings. The lowest BCUT2D eigenvalue weighted by atomic mass is 10.1. The van der Waals surface area contributed by atoms with E-state index in [-0.39, 0.29) is 5.69 Å². The van der Waals surface area contributed by atoms with Crippen LogP contribution in [-0.2, 0) is 6.42 Å². The van der Waals surface area contributed by atoms with Gasteiger partial charge in [-0.15, -0.1) is 0 Å². The summed E-state index contributed by atoms with van der Waals surface area (Å²) in [5, 5.41) is 14.3. The summed E-state index contributed by atoms with van der Waals surface area (Å²) >= 11 is 0. The van der Waals surface area contributed by atoms with E-state index in [9.17, 15) is 10.1 Å². The van der Waals surface area contributed by atoms with Gasteiger partial charge in [0.2, 0.25) is 6.39 Å². The van der Waals surface area contributed by atoms with Gasteiger partial charge < -0.3 is 4.52 Å². The third-order valence-electron chi connectivity index (χ3n) is 1.94. The van der Waals surface area contributed by atoms with Gasteiger partial charge in [0, 0.05) is 18.1 Å². The fourth-order valence-electron chi connectivity index (χ4n) is 1.28. The second-order valence-electron chi connectivity index (χ2n) is 2.91. The van der Waals surface area contributed by atoms with E-state index >= 15 is 0 Å². The molecule has 6 nitrogen and oxygen atoms in total. The zero-order valence-corrected chi connectivity index (χ0v) is 7.66. The molecular formula is C9H7N3O3. The van der Waals surface area contributed by atoms with Gasteiger partial charge in [-0.05, 0) is 0 Å². The molecule has 1 heterocycles. The Labute approximate surface area is 84.7 Å². The highest BCUT2D eigenvalue weighted by molar-refractivity contribution is 5.41. The second kappa shape index (κ2) is 3.87. The van der Waals surface area contributed by atoms with Crippen molar-refractivity contribution in [1.82, 2.24) is 10.1 Å². The van der Waals surface area contributed by atoms with E-state index in [1.165, 1.54) is 12.5 Å². The fourth-order valence-corrected chi connectivity index (χ4v) is 1.28. The average molecular weight is 205 g/mol. The Morgan fingerprint density at radius 2 is 2.20 bits per heavy atom. The predicted molar refractivity (Wildman–Crippen MR) is 50.2 cm³/mol. The standard InChI is InChI=1S/C9H7N3O3/c13-12(14)8-4-2-1-3-7(8)5-9-10-6-15-11-9/h1-4,6H,5H2. The van der Waals surface area contributed by atoms with Gasteiger partial charge in [-0.3, -0.25) is 10.1 Å². The smallest absolute Gasteiger partial charge is 0.273 e. The van der Waals surface area contributed by atoms with Crippen LogP contribution in [0.5, 0.6) is 0 Å². The number of hydrogen-bond acceptors (Lipinski definition) is 5. The molecule has 0 radical (unpaired) electrons. The number of para-hydroxylation sites is 1. The fraction of sp³-hybridized carbons (Fsp3) is 0.111. The van der Waals surface area contributed by atoms with Crippen molar-refractivity contribution in [3.05, 3.63) is 52.2 Å². The van der Waals surface area contributed by atoms with Crippen LogP contribution in [0.3, 0.4) is 0 Å². The first-order valence-corrected chi connectivity index (χ1v) is 4.25. The highest BCUT2D eigenvalue weighted by Gasteiger charge is 2.13. The van der Waals surface area contributed by atoms with Gasteiger partial charge in [0.25, 0.3) is 5.69 Å². The van der Waals surface area contributed by atoms with Crippen LogP contribution in [0, 0.1) is 10.1 Å². The van der Waals surface area contributed by atoms with Crippen LogP contribution in [0.1, 0.15) is 11.4 Å². The third-order valence-corrected chi connectivity index (χ3v) is 1.94. The summed E-state index contributed by atoms with van der Waals surface area (Å²) in [6, 6.07) is 6.49. The van der Waals surface area contributed by atoms with Gasteiger partial charge in [-0.25, -0.2) is 0 Å². The number of hydrogen-bond donors (Lipinski definition) is 0. The Balaban J connectivity index is 2.32. The first kappa shape index (κ1) is 9.32. The van der Waals surface area contributed by atoms with E-state index in [1.54, 1.807) is 18.2 Å². The van der Waals surface area contributed by atoms with Crippen LogP contribution >= 0.6 is 0 Å². The minimum atomic E-state index is -0.421. The molecular weight excluding hydrogens is 198 g/mol. The summed E-state index contributed by atoms with van der Waals surface area (Å²) in [5.74, 6) is 0.435. The van der Waals surface area contributed by atoms with Crippen molar-refractivity contribution in [2.45, 2.75) is 6.42 Å². The minimum absolute atomic E-state index is 0.0716. The zero-order chi connectivity index (χ0) is 10.7. The molecule has 6 heteroatoms. The summed E-state index contributed by atoms with van der Waals surface area (Å²) in [4.78, 5) is 14.1. The molecule has 1 aromatic carbocycles. The lowest BCUT2D eigenvalue weighted by molar-refractivity contribution is -0.385. The molecule has 0 amide bonds. The Hall–Kier alpha value is -2.24. The number of rotatable bonds is 3. The van der Waals surface area contributed by atoms with Gasteiger partial charge in [0.15, 0.2) is 5.82 Å². The summed E-state index contributed by atoms with van der Waals surface area (Å²) < 4.78 is 4.56. The number of nitro benzene ring substituents is 1. The van der Waals surface area contributed by atoms with Crippen molar-refractivity contribution in [1.29, 1.82) is 0 Å². The SMILES string of the molecule is O=[N+]([O-])c1ccccc1Cc1ncon1. The quantitative estimate of drug-likeness (QED) is 0.561. The molecule has 0 N–H and O–H groups in total. The van der Waals surface area contributed by atoms with Crippen LogP contribution < -0.4 is 0 Å². The highest BCUT2D eigenvalue weighted by atomic mass is 16.6. The molecule has 15 heavy (non-hydrogen) atoms. The Bertz CT molecular complexity index is 467. The summed E-state index contributed by atoms with van der Waals surface area (Å²) in [6.07, 6.45) is 1.50. The van der Waals surface area contributed by atoms with Crippen molar-refractivity contribution < 1.29 is 9.45 Å². The molecule has 2 aromatic rings. The topological polar surface area (TPSA) is 82.1 Å². The molecule has 76 valence electrons. The summed E-state index contributed by atoms with van der Waals surface area (Å²) in [6.45, 7) is 0. The van der Waals surface area contributed by atoms with Gasteiger partial charge in [0.1, 0.15) is 0 Å². The van der Waals surface area contributed by atoms with Crippen molar-refractivity contribution in [3.63, 3.8) is 0 Å². The van der Waals surface area contributed by atoms with E-state index < -0.39 is 4.92 Å². The Morgan fingerprint density at radius 3 is 2.87 bits per heavy atom. The van der Waals surface area contributed by atoms with Crippen LogP contribution in [0.15, 0.2) is 35.2 Å². The van der Waals surface area contributed by atoms with Crippen molar-refractivity contribution in [2.24, 2.45) is 0 Å². The van der Waals surface area contributed by atoms with Crippen LogP contribution in [0.4, 0.5) is 5.69 Å². The van der Waals surface area contributed by atoms with Crippen molar-refractivity contribution in [3.8, 4) is 0 Å². The van der Waals surface area contributed by atoms with Gasteiger partial charge in [0.05, 0.1) is 4.92 Å². The van der Waals surface area contributed by atoms with Gasteiger partial charge in [-0.2, -0.15) is 4.98 Å². The molecule has 2 rings (SSSR count). The van der Waals surface area contributed by atoms with Gasteiger partial charge >= 0.3 is 0 Å². The molecule has 1 aromatic heterocycles. The van der Waals surface area contributed by atoms with Crippen molar-refractivity contribution >= 4 is 5.69 Å². The number of nitro groups is 1. The average Bonchev–Trinajstić information content (AvgIpc) is 2.71. The van der Waals surface area contributed by atoms with E-state index in [2.05, 4.69) is 14.7 Å². The molecule has 0 spiro atoms. The maximum atomic E-state index is 10.7. The summed E-state index contributed by atoms with van der Waals surface area (Å²) in [5.41, 5.74) is 0.645. The van der Waals surface area contributed by atoms with Crippen LogP contribution in [0.2, 0.25) is 0 Å². The molecule has 0 saturated heterocycles. The zero-order valence-electron chi connectivity index (χ0n) is 7.66. The first-order chi connectivity index (χ1) is 7.27. The number of nitrogens with zero attached hydrogens (tertiary/aromatic N) is 3. The highest BCUT2D eigenvalue weighted by Crippen LogP contribution is 2.19. The van der Waals surface area contributed by atoms with E-state index in [1.807, 2.05) is 0 Å². The predicted octanol–water partition coefficient (Wildman–Crippen LogP) is 1.57. The van der Waals surface area contributed by atoms with Crippen LogP contribution in [-0.4, -0.2) is 15.1 Å². The van der Waals surface area contributed by atoms with E-state index in [4.69, 9.17) is 0 Å². The Kier molecular flexibility index (Phi) is 2.40. The third kappa shape index (κ3) is 1.98. The minimum Gasteiger partial charge on any atom is -0.343 e. The monoisotopic (exact) mass is 205 g/mol. The largest absolute Gasteiger partial charge is 0.343 e. The Morgan fingerprint density at radius 1 is 1.40 bits per heavy atom. The first-order valence-electron chi connectivity index (χ1n) is 4.25. The van der Waals surface area contributed by atoms with Crippen molar-refractivity contribution in [2.75, 3.05) is 0 Å². The molecule has 0 aliphatic heterocycles. The lowest BCUT2D eigenvalue weighted by Crippen LogP contribution is -1.97. The lowest BCUT2D eigenvalue weighted by Gasteiger charge is -1.98. The molecule has 0 unspecified atom stereocenters. The molecule has 0 saturated carbocycles. The second-order valence-corrected chi connectivity index (χ2v) is 2.91. The normalized spacial score (nSPS) is 10.1. The van der Waals surface area contributed by atoms with Crippen LogP contribution in [0.25, 0.3) is 0 Å². The molecule has 0 aliphatic carbocycles. The number of benzene rings is 1. The molecule has 0 bridgehead atoms. The van der Waals surface area contributed by atoms with Gasteiger partial charge in [-0.1, -0.05) is 23.4 Å². The summed E-state index contributed by atoms with van der Waals surface area (Å²) in [7, 11) is 0. The maximum Gasteiger partial charge on any atom is 0.273 e. The molecule has 0 atom stereocenters. The van der Waals surface area contributed by atoms with E-state index in [0.717, 1.165) is 0 Å².